The van der Waals surface area contributed by atoms with Crippen molar-refractivity contribution in [3.63, 3.8) is 0 Å². The predicted octanol–water partition coefficient (Wildman–Crippen LogP) is 8.52. The van der Waals surface area contributed by atoms with Gasteiger partial charge in [0.1, 0.15) is 52.9 Å². The molecule has 4 aromatic carbocycles. The number of hydrogen-bond acceptors (Lipinski definition) is 8. The number of benzene rings is 4. The third kappa shape index (κ3) is 7.58. The number of rotatable bonds is 12. The minimum Gasteiger partial charge on any atom is -0.507 e. The van der Waals surface area contributed by atoms with E-state index in [1.54, 1.807) is 0 Å². The van der Waals surface area contributed by atoms with Gasteiger partial charge >= 0.3 is 5.97 Å². The normalized spacial score (nSPS) is 16.1. The molecule has 262 valence electrons. The number of carbonyl (C=O) groups excluding carboxylic acids is 1. The molecule has 1 aliphatic heterocycles. The van der Waals surface area contributed by atoms with Gasteiger partial charge in [0, 0.05) is 23.6 Å². The molecule has 0 aliphatic carbocycles. The number of carbonyl (C=O) groups is 1. The largest absolute Gasteiger partial charge is 0.507 e. The van der Waals surface area contributed by atoms with Gasteiger partial charge in [-0.1, -0.05) is 29.8 Å². The van der Waals surface area contributed by atoms with E-state index >= 15 is 0 Å². The number of aryl methyl sites for hydroxylation is 2. The third-order valence-electron chi connectivity index (χ3n) is 9.64. The van der Waals surface area contributed by atoms with Crippen molar-refractivity contribution in [2.45, 2.75) is 83.2 Å². The summed E-state index contributed by atoms with van der Waals surface area (Å²) in [6.45, 7) is 12.9. The van der Waals surface area contributed by atoms with E-state index in [1.165, 1.54) is 17.3 Å². The molecule has 0 bridgehead atoms. The molecule has 0 spiro atoms. The fourth-order valence-electron chi connectivity index (χ4n) is 6.34. The van der Waals surface area contributed by atoms with Crippen LogP contribution in [-0.2, 0) is 36.0 Å². The molecule has 1 aromatic heterocycles. The Bertz CT molecular complexity index is 2000. The van der Waals surface area contributed by atoms with Gasteiger partial charge in [-0.05, 0) is 119 Å². The molecule has 0 saturated heterocycles. The molecule has 0 fully saturated rings. The lowest BCUT2D eigenvalue weighted by Crippen LogP contribution is -2.42. The van der Waals surface area contributed by atoms with E-state index in [2.05, 4.69) is 19.1 Å². The number of phenolic OH excluding ortho intramolecular Hbond substituents is 1. The Morgan fingerprint density at radius 1 is 0.980 bits per heavy atom. The average molecular weight is 695 g/mol. The van der Waals surface area contributed by atoms with Gasteiger partial charge in [0.05, 0.1) is 17.6 Å². The number of aromatic nitrogens is 2. The van der Waals surface area contributed by atoms with Gasteiger partial charge < -0.3 is 28.6 Å². The maximum absolute atomic E-state index is 12.8. The number of esters is 1. The van der Waals surface area contributed by atoms with Gasteiger partial charge in [0.25, 0.3) is 0 Å². The second kappa shape index (κ2) is 14.7. The number of imidazole rings is 1. The fourth-order valence-corrected chi connectivity index (χ4v) is 7.41. The second-order valence-electron chi connectivity index (χ2n) is 13.4. The SMILES string of the molecule is CCOC(=O)C(Cc1ccc(OCc2nc3ccc(OCC4(C)CCc5c(C)c(O)c(C)c(C)c5O4)cc3n2C)cc1)Sc1ccc(C)cc1. The lowest BCUT2D eigenvalue weighted by atomic mass is 9.87. The highest BCUT2D eigenvalue weighted by atomic mass is 32.2. The molecule has 0 saturated carbocycles. The van der Waals surface area contributed by atoms with Crippen LogP contribution >= 0.6 is 11.8 Å². The summed E-state index contributed by atoms with van der Waals surface area (Å²) in [5, 5.41) is 10.2. The van der Waals surface area contributed by atoms with Gasteiger partial charge in [-0.15, -0.1) is 11.8 Å². The zero-order chi connectivity index (χ0) is 35.6. The summed E-state index contributed by atoms with van der Waals surface area (Å²) in [6.07, 6.45) is 2.16. The van der Waals surface area contributed by atoms with Gasteiger partial charge in [0.2, 0.25) is 0 Å². The Morgan fingerprint density at radius 3 is 2.42 bits per heavy atom. The van der Waals surface area contributed by atoms with E-state index in [0.29, 0.717) is 32.0 Å². The van der Waals surface area contributed by atoms with Gasteiger partial charge in [0.15, 0.2) is 0 Å². The van der Waals surface area contributed by atoms with E-state index in [-0.39, 0.29) is 11.2 Å². The first kappa shape index (κ1) is 35.2. The lowest BCUT2D eigenvalue weighted by Gasteiger charge is -2.37. The molecular weight excluding hydrogens is 649 g/mol. The molecule has 50 heavy (non-hydrogen) atoms. The molecule has 0 amide bonds. The standard InChI is InChI=1S/C41H46N2O6S/c1-8-46-40(45)36(50-32-16-9-25(2)10-17-32)21-29-11-13-30(14-12-29)47-23-37-42-34-18-15-31(22-35(34)43(37)7)48-24-41(6)20-19-33-28(5)38(44)26(3)27(4)39(33)49-41/h9-18,22,36,44H,8,19-21,23-24H2,1-7H3. The topological polar surface area (TPSA) is 92.0 Å². The number of aromatic hydroxyl groups is 1. The van der Waals surface area contributed by atoms with Crippen LogP contribution in [0.5, 0.6) is 23.0 Å². The number of fused-ring (bicyclic) bond motifs is 2. The zero-order valence-corrected chi connectivity index (χ0v) is 30.8. The first-order chi connectivity index (χ1) is 23.9. The predicted molar refractivity (Wildman–Crippen MR) is 198 cm³/mol. The van der Waals surface area contributed by atoms with Crippen LogP contribution in [-0.4, -0.2) is 44.7 Å². The zero-order valence-electron chi connectivity index (χ0n) is 30.0. The summed E-state index contributed by atoms with van der Waals surface area (Å²) in [7, 11) is 1.98. The molecular formula is C41H46N2O6S. The molecule has 6 rings (SSSR count). The van der Waals surface area contributed by atoms with Crippen LogP contribution in [0.3, 0.4) is 0 Å². The summed E-state index contributed by atoms with van der Waals surface area (Å²) in [4.78, 5) is 18.6. The highest BCUT2D eigenvalue weighted by molar-refractivity contribution is 8.00. The lowest BCUT2D eigenvalue weighted by molar-refractivity contribution is -0.142. The number of hydrogen-bond donors (Lipinski definition) is 1. The maximum atomic E-state index is 12.8. The molecule has 1 N–H and O–H groups in total. The van der Waals surface area contributed by atoms with Crippen molar-refractivity contribution in [2.24, 2.45) is 7.05 Å². The molecule has 0 radical (unpaired) electrons. The Hall–Kier alpha value is -4.63. The van der Waals surface area contributed by atoms with Gasteiger partial charge in [-0.3, -0.25) is 4.79 Å². The van der Waals surface area contributed by atoms with E-state index in [1.807, 2.05) is 101 Å². The molecule has 5 aromatic rings. The van der Waals surface area contributed by atoms with Crippen LogP contribution in [0.2, 0.25) is 0 Å². The summed E-state index contributed by atoms with van der Waals surface area (Å²) < 4.78 is 26.4. The summed E-state index contributed by atoms with van der Waals surface area (Å²) in [6, 6.07) is 22.0. The quantitative estimate of drug-likeness (QED) is 0.103. The Labute approximate surface area is 298 Å². The summed E-state index contributed by atoms with van der Waals surface area (Å²) in [5.74, 6) is 3.29. The van der Waals surface area contributed by atoms with Gasteiger partial charge in [-0.2, -0.15) is 0 Å². The van der Waals surface area contributed by atoms with Crippen LogP contribution < -0.4 is 14.2 Å². The van der Waals surface area contributed by atoms with Crippen LogP contribution in [0.25, 0.3) is 11.0 Å². The van der Waals surface area contributed by atoms with Crippen molar-refractivity contribution in [3.8, 4) is 23.0 Å². The summed E-state index contributed by atoms with van der Waals surface area (Å²) >= 11 is 1.53. The third-order valence-corrected chi connectivity index (χ3v) is 10.8. The average Bonchev–Trinajstić information content (AvgIpc) is 3.43. The van der Waals surface area contributed by atoms with Crippen LogP contribution in [0.1, 0.15) is 59.5 Å². The van der Waals surface area contributed by atoms with Crippen molar-refractivity contribution in [1.29, 1.82) is 0 Å². The number of phenols is 1. The molecule has 8 nitrogen and oxygen atoms in total. The molecule has 9 heteroatoms. The van der Waals surface area contributed by atoms with Crippen molar-refractivity contribution in [3.05, 3.63) is 106 Å². The number of nitrogens with zero attached hydrogens (tertiary/aromatic N) is 2. The van der Waals surface area contributed by atoms with Crippen molar-refractivity contribution >= 4 is 28.8 Å². The molecule has 1 aliphatic rings. The van der Waals surface area contributed by atoms with Crippen molar-refractivity contribution in [2.75, 3.05) is 13.2 Å². The van der Waals surface area contributed by atoms with Crippen LogP contribution in [0.15, 0.2) is 71.6 Å². The van der Waals surface area contributed by atoms with Crippen LogP contribution in [0.4, 0.5) is 0 Å². The molecule has 2 unspecified atom stereocenters. The maximum Gasteiger partial charge on any atom is 0.319 e. The molecule has 2 heterocycles. The van der Waals surface area contributed by atoms with Gasteiger partial charge in [-0.25, -0.2) is 4.98 Å². The number of thioether (sulfide) groups is 1. The molecule has 2 atom stereocenters. The minimum absolute atomic E-state index is 0.210. The monoisotopic (exact) mass is 694 g/mol. The first-order valence-electron chi connectivity index (χ1n) is 17.1. The first-order valence-corrected chi connectivity index (χ1v) is 18.0. The summed E-state index contributed by atoms with van der Waals surface area (Å²) in [5.41, 5.74) is 7.35. The Morgan fingerprint density at radius 2 is 1.70 bits per heavy atom. The smallest absolute Gasteiger partial charge is 0.319 e. The Balaban J connectivity index is 1.07. The van der Waals surface area contributed by atoms with Crippen molar-refractivity contribution < 1.29 is 28.8 Å². The Kier molecular flexibility index (Phi) is 10.3. The van der Waals surface area contributed by atoms with E-state index in [0.717, 1.165) is 79.7 Å². The van der Waals surface area contributed by atoms with E-state index < -0.39 is 5.60 Å². The highest BCUT2D eigenvalue weighted by Crippen LogP contribution is 2.43. The van der Waals surface area contributed by atoms with E-state index in [9.17, 15) is 9.90 Å². The van der Waals surface area contributed by atoms with Crippen molar-refractivity contribution in [1.82, 2.24) is 9.55 Å². The number of ether oxygens (including phenoxy) is 4. The highest BCUT2D eigenvalue weighted by Gasteiger charge is 2.35. The second-order valence-corrected chi connectivity index (χ2v) is 14.7. The minimum atomic E-state index is -0.497. The van der Waals surface area contributed by atoms with E-state index in [4.69, 9.17) is 23.9 Å². The van der Waals surface area contributed by atoms with Crippen LogP contribution in [0, 0.1) is 27.7 Å². The fraction of sp³-hybridized carbons (Fsp3) is 0.366.